The monoisotopic (exact) mass is 520 g/mol. The summed E-state index contributed by atoms with van der Waals surface area (Å²) in [4.78, 5) is 10.9. The Morgan fingerprint density at radius 1 is 0.949 bits per heavy atom. The lowest BCUT2D eigenvalue weighted by molar-refractivity contribution is 0.566. The zero-order chi connectivity index (χ0) is 26.1. The van der Waals surface area contributed by atoms with Gasteiger partial charge < -0.3 is 10.2 Å². The molecule has 0 amide bonds. The van der Waals surface area contributed by atoms with Gasteiger partial charge in [-0.05, 0) is 48.4 Å². The maximum atomic E-state index is 15.8. The van der Waals surface area contributed by atoms with Crippen molar-refractivity contribution in [3.05, 3.63) is 85.0 Å². The van der Waals surface area contributed by atoms with Gasteiger partial charge in [0.2, 0.25) is 0 Å². The number of hydrogen-bond donors (Lipinski definition) is 2. The number of halogens is 2. The van der Waals surface area contributed by atoms with E-state index >= 15 is 8.78 Å². The highest BCUT2D eigenvalue weighted by Gasteiger charge is 2.38. The summed E-state index contributed by atoms with van der Waals surface area (Å²) < 4.78 is 33.1. The van der Waals surface area contributed by atoms with Crippen LogP contribution in [0.3, 0.4) is 0 Å². The molecule has 2 saturated heterocycles. The summed E-state index contributed by atoms with van der Waals surface area (Å²) >= 11 is 0. The summed E-state index contributed by atoms with van der Waals surface area (Å²) in [7, 11) is 0. The fraction of sp³-hybridized carbons (Fsp3) is 0.172. The van der Waals surface area contributed by atoms with Gasteiger partial charge in [0, 0.05) is 60.4 Å². The molecule has 2 fully saturated rings. The summed E-state index contributed by atoms with van der Waals surface area (Å²) in [6.45, 7) is 1.58. The summed E-state index contributed by atoms with van der Waals surface area (Å²) in [5.74, 6) is -1.26. The minimum atomic E-state index is -0.632. The Bertz CT molecular complexity index is 1860. The van der Waals surface area contributed by atoms with Crippen molar-refractivity contribution in [1.29, 1.82) is 0 Å². The van der Waals surface area contributed by atoms with Gasteiger partial charge in [-0.3, -0.25) is 10.1 Å². The van der Waals surface area contributed by atoms with E-state index in [1.807, 2.05) is 30.3 Å². The molecule has 39 heavy (non-hydrogen) atoms. The summed E-state index contributed by atoms with van der Waals surface area (Å²) in [6.07, 6.45) is 7.70. The second-order valence-corrected chi connectivity index (χ2v) is 10.1. The molecule has 2 atom stereocenters. The first-order valence-corrected chi connectivity index (χ1v) is 12.9. The molecule has 2 bridgehead atoms. The second kappa shape index (κ2) is 8.40. The van der Waals surface area contributed by atoms with E-state index in [0.29, 0.717) is 23.1 Å². The summed E-state index contributed by atoms with van der Waals surface area (Å²) in [5.41, 5.74) is 5.11. The first-order chi connectivity index (χ1) is 19.2. The van der Waals surface area contributed by atoms with Gasteiger partial charge in [0.05, 0.1) is 28.5 Å². The molecular weight excluding hydrogens is 498 g/mol. The predicted molar refractivity (Wildman–Crippen MR) is 144 cm³/mol. The fourth-order valence-corrected chi connectivity index (χ4v) is 6.13. The minimum Gasteiger partial charge on any atom is -0.365 e. The molecule has 192 valence electrons. The van der Waals surface area contributed by atoms with Crippen molar-refractivity contribution in [3.8, 4) is 33.6 Å². The van der Waals surface area contributed by atoms with Crippen LogP contribution in [-0.2, 0) is 0 Å². The number of nitrogens with zero attached hydrogens (tertiary/aromatic N) is 6. The molecule has 4 aromatic heterocycles. The number of nitrogens with one attached hydrogen (secondary N) is 2. The number of piperazine rings is 1. The zero-order valence-electron chi connectivity index (χ0n) is 20.6. The van der Waals surface area contributed by atoms with E-state index in [1.165, 1.54) is 16.6 Å². The Morgan fingerprint density at radius 3 is 2.56 bits per heavy atom. The second-order valence-electron chi connectivity index (χ2n) is 10.1. The lowest BCUT2D eigenvalue weighted by atomic mass is 9.99. The largest absolute Gasteiger partial charge is 0.365 e. The molecule has 2 N–H and O–H groups in total. The summed E-state index contributed by atoms with van der Waals surface area (Å²) in [6, 6.07) is 14.7. The molecule has 2 aliphatic heterocycles. The van der Waals surface area contributed by atoms with Crippen LogP contribution < -0.4 is 10.2 Å². The Kier molecular flexibility index (Phi) is 4.80. The van der Waals surface area contributed by atoms with Crippen LogP contribution >= 0.6 is 0 Å². The molecule has 8 nitrogen and oxygen atoms in total. The van der Waals surface area contributed by atoms with Gasteiger partial charge in [-0.15, -0.1) is 0 Å². The highest BCUT2D eigenvalue weighted by atomic mass is 19.1. The Balaban J connectivity index is 1.35. The zero-order valence-corrected chi connectivity index (χ0v) is 20.6. The van der Waals surface area contributed by atoms with Crippen LogP contribution in [0.2, 0.25) is 0 Å². The van der Waals surface area contributed by atoms with Crippen molar-refractivity contribution in [2.75, 3.05) is 18.0 Å². The van der Waals surface area contributed by atoms with Gasteiger partial charge in [-0.2, -0.15) is 10.2 Å². The van der Waals surface area contributed by atoms with Crippen LogP contribution in [0.5, 0.6) is 0 Å². The van der Waals surface area contributed by atoms with Crippen molar-refractivity contribution >= 4 is 22.2 Å². The van der Waals surface area contributed by atoms with Crippen LogP contribution in [0.25, 0.3) is 50.2 Å². The maximum Gasteiger partial charge on any atom is 0.164 e. The van der Waals surface area contributed by atoms with Gasteiger partial charge in [0.25, 0.3) is 0 Å². The van der Waals surface area contributed by atoms with Gasteiger partial charge >= 0.3 is 0 Å². The van der Waals surface area contributed by atoms with E-state index in [-0.39, 0.29) is 17.3 Å². The molecule has 2 aliphatic rings. The smallest absolute Gasteiger partial charge is 0.164 e. The van der Waals surface area contributed by atoms with Crippen LogP contribution in [-0.4, -0.2) is 55.0 Å². The number of aromatic amines is 1. The van der Waals surface area contributed by atoms with E-state index in [0.717, 1.165) is 47.1 Å². The normalized spacial score (nSPS) is 18.6. The van der Waals surface area contributed by atoms with Gasteiger partial charge in [-0.1, -0.05) is 12.1 Å². The third-order valence-electron chi connectivity index (χ3n) is 7.90. The Labute approximate surface area is 221 Å². The van der Waals surface area contributed by atoms with E-state index in [9.17, 15) is 0 Å². The number of benzene rings is 2. The van der Waals surface area contributed by atoms with Crippen molar-refractivity contribution in [2.45, 2.75) is 18.5 Å². The van der Waals surface area contributed by atoms with Crippen molar-refractivity contribution in [2.24, 2.45) is 0 Å². The van der Waals surface area contributed by atoms with E-state index < -0.39 is 11.6 Å². The van der Waals surface area contributed by atoms with Crippen LogP contribution in [0.4, 0.5) is 14.5 Å². The predicted octanol–water partition coefficient (Wildman–Crippen LogP) is 4.83. The SMILES string of the molecule is Fc1cc(N2C[C@@H]3C[C@H]2CN3)cc(F)c1-c1ccnc2c(-c3cccc4[nH]ncc34)c(-c3ccncc3)nn12. The van der Waals surface area contributed by atoms with E-state index in [2.05, 4.69) is 30.4 Å². The Hall–Kier alpha value is -4.70. The van der Waals surface area contributed by atoms with E-state index in [4.69, 9.17) is 5.10 Å². The molecule has 0 radical (unpaired) electrons. The first kappa shape index (κ1) is 22.3. The minimum absolute atomic E-state index is 0.134. The molecule has 6 aromatic rings. The highest BCUT2D eigenvalue weighted by molar-refractivity contribution is 6.02. The molecule has 0 unspecified atom stereocenters. The topological polar surface area (TPSA) is 87.0 Å². The van der Waals surface area contributed by atoms with E-state index in [1.54, 1.807) is 30.9 Å². The molecule has 0 spiro atoms. The number of fused-ring (bicyclic) bond motifs is 4. The van der Waals surface area contributed by atoms with Crippen molar-refractivity contribution in [3.63, 3.8) is 0 Å². The number of anilines is 1. The number of pyridine rings is 1. The number of rotatable bonds is 4. The molecular formula is C29H22F2N8. The van der Waals surface area contributed by atoms with Crippen LogP contribution in [0, 0.1) is 11.6 Å². The third kappa shape index (κ3) is 3.38. The molecule has 10 heteroatoms. The fourth-order valence-electron chi connectivity index (χ4n) is 6.13. The average Bonchev–Trinajstić information content (AvgIpc) is 3.76. The molecule has 6 heterocycles. The number of H-pyrrole nitrogens is 1. The quantitative estimate of drug-likeness (QED) is 0.346. The molecule has 0 saturated carbocycles. The average molecular weight is 521 g/mol. The van der Waals surface area contributed by atoms with Crippen LogP contribution in [0.1, 0.15) is 6.42 Å². The highest BCUT2D eigenvalue weighted by Crippen LogP contribution is 2.40. The molecule has 8 rings (SSSR count). The standard InChI is InChI=1S/C29H22F2N8/c30-22-11-18(38-15-17-10-19(38)13-34-17)12-23(31)27(22)25-6-9-33-29-26(20-2-1-3-24-21(20)14-35-36-24)28(37-39(25)29)16-4-7-32-8-5-16/h1-9,11-12,14,17,19,34H,10,13,15H2,(H,35,36)/t17-,19-/m0/s1. The summed E-state index contributed by atoms with van der Waals surface area (Å²) in [5, 5.41) is 16.4. The molecule has 2 aromatic carbocycles. The first-order valence-electron chi connectivity index (χ1n) is 12.9. The van der Waals surface area contributed by atoms with Crippen molar-refractivity contribution < 1.29 is 8.78 Å². The van der Waals surface area contributed by atoms with Crippen molar-refractivity contribution in [1.82, 2.24) is 35.1 Å². The van der Waals surface area contributed by atoms with Crippen LogP contribution in [0.15, 0.2) is 73.3 Å². The lowest BCUT2D eigenvalue weighted by Crippen LogP contribution is -2.43. The van der Waals surface area contributed by atoms with Gasteiger partial charge in [-0.25, -0.2) is 18.3 Å². The number of aromatic nitrogens is 6. The Morgan fingerprint density at radius 2 is 1.79 bits per heavy atom. The number of hydrogen-bond acceptors (Lipinski definition) is 6. The lowest BCUT2D eigenvalue weighted by Gasteiger charge is -2.30. The maximum absolute atomic E-state index is 15.8. The van der Waals surface area contributed by atoms with Gasteiger partial charge in [0.1, 0.15) is 17.3 Å². The van der Waals surface area contributed by atoms with Gasteiger partial charge in [0.15, 0.2) is 5.65 Å². The third-order valence-corrected chi connectivity index (χ3v) is 7.90. The molecule has 0 aliphatic carbocycles.